The van der Waals surface area contributed by atoms with E-state index in [9.17, 15) is 0 Å². The van der Waals surface area contributed by atoms with E-state index in [1.165, 1.54) is 0 Å². The SMILES string of the molecule is Cn1cc(COc2c(Br)cc(CO)cc2Br)nn1. The van der Waals surface area contributed by atoms with Crippen molar-refractivity contribution in [1.82, 2.24) is 15.0 Å². The van der Waals surface area contributed by atoms with Gasteiger partial charge in [0.05, 0.1) is 21.7 Å². The van der Waals surface area contributed by atoms with E-state index in [0.717, 1.165) is 20.2 Å². The van der Waals surface area contributed by atoms with E-state index in [4.69, 9.17) is 9.84 Å². The molecule has 0 radical (unpaired) electrons. The highest BCUT2D eigenvalue weighted by molar-refractivity contribution is 9.11. The summed E-state index contributed by atoms with van der Waals surface area (Å²) in [7, 11) is 1.80. The molecule has 1 aromatic carbocycles. The highest BCUT2D eigenvalue weighted by atomic mass is 79.9. The standard InChI is InChI=1S/C11H11Br2N3O2/c1-16-4-8(14-15-16)6-18-11-9(12)2-7(5-17)3-10(11)13/h2-4,17H,5-6H2,1H3. The predicted molar refractivity (Wildman–Crippen MR) is 73.1 cm³/mol. The predicted octanol–water partition coefficient (Wildman–Crippen LogP) is 2.41. The third kappa shape index (κ3) is 3.09. The molecule has 18 heavy (non-hydrogen) atoms. The number of aryl methyl sites for hydroxylation is 1. The van der Waals surface area contributed by atoms with Gasteiger partial charge in [-0.05, 0) is 49.6 Å². The van der Waals surface area contributed by atoms with Gasteiger partial charge in [-0.1, -0.05) is 5.21 Å². The number of hydrogen-bond acceptors (Lipinski definition) is 4. The molecule has 0 aliphatic rings. The van der Waals surface area contributed by atoms with Gasteiger partial charge in [-0.25, -0.2) is 0 Å². The molecule has 0 saturated heterocycles. The second-order valence-corrected chi connectivity index (χ2v) is 5.43. The van der Waals surface area contributed by atoms with Crippen molar-refractivity contribution in [3.63, 3.8) is 0 Å². The van der Waals surface area contributed by atoms with E-state index in [-0.39, 0.29) is 6.61 Å². The molecule has 1 heterocycles. The lowest BCUT2D eigenvalue weighted by molar-refractivity contribution is 0.279. The van der Waals surface area contributed by atoms with Crippen LogP contribution in [0.3, 0.4) is 0 Å². The number of aromatic nitrogens is 3. The highest BCUT2D eigenvalue weighted by Gasteiger charge is 2.10. The second kappa shape index (κ2) is 5.81. The lowest BCUT2D eigenvalue weighted by atomic mass is 10.2. The van der Waals surface area contributed by atoms with Crippen molar-refractivity contribution < 1.29 is 9.84 Å². The summed E-state index contributed by atoms with van der Waals surface area (Å²) in [6.45, 7) is 0.325. The van der Waals surface area contributed by atoms with Crippen molar-refractivity contribution in [2.45, 2.75) is 13.2 Å². The average molecular weight is 377 g/mol. The van der Waals surface area contributed by atoms with Crippen LogP contribution in [0.5, 0.6) is 5.75 Å². The molecular formula is C11H11Br2N3O2. The molecule has 0 bridgehead atoms. The molecule has 1 N–H and O–H groups in total. The Labute approximate surface area is 121 Å². The van der Waals surface area contributed by atoms with Crippen LogP contribution in [0.15, 0.2) is 27.3 Å². The number of aliphatic hydroxyl groups is 1. The van der Waals surface area contributed by atoms with Crippen LogP contribution in [0.25, 0.3) is 0 Å². The fourth-order valence-electron chi connectivity index (χ4n) is 1.45. The summed E-state index contributed by atoms with van der Waals surface area (Å²) >= 11 is 6.82. The number of hydrogen-bond donors (Lipinski definition) is 1. The maximum atomic E-state index is 9.08. The summed E-state index contributed by atoms with van der Waals surface area (Å²) in [5, 5.41) is 16.9. The van der Waals surface area contributed by atoms with Crippen molar-refractivity contribution in [2.75, 3.05) is 0 Å². The van der Waals surface area contributed by atoms with Crippen LogP contribution in [-0.4, -0.2) is 20.1 Å². The lowest BCUT2D eigenvalue weighted by Crippen LogP contribution is -1.98. The fourth-order valence-corrected chi connectivity index (χ4v) is 2.96. The van der Waals surface area contributed by atoms with Crippen molar-refractivity contribution >= 4 is 31.9 Å². The van der Waals surface area contributed by atoms with E-state index in [1.54, 1.807) is 17.9 Å². The number of aliphatic hydroxyl groups excluding tert-OH is 1. The van der Waals surface area contributed by atoms with E-state index in [2.05, 4.69) is 42.2 Å². The van der Waals surface area contributed by atoms with Crippen molar-refractivity contribution in [3.8, 4) is 5.75 Å². The molecule has 5 nitrogen and oxygen atoms in total. The molecule has 0 aliphatic heterocycles. The molecule has 2 rings (SSSR count). The summed E-state index contributed by atoms with van der Waals surface area (Å²) in [6.07, 6.45) is 1.80. The molecule has 96 valence electrons. The van der Waals surface area contributed by atoms with Crippen molar-refractivity contribution in [2.24, 2.45) is 7.05 Å². The maximum absolute atomic E-state index is 9.08. The number of ether oxygens (including phenoxy) is 1. The van der Waals surface area contributed by atoms with Crippen LogP contribution in [0.1, 0.15) is 11.3 Å². The minimum atomic E-state index is -0.0123. The molecule has 1 aromatic heterocycles. The largest absolute Gasteiger partial charge is 0.485 e. The lowest BCUT2D eigenvalue weighted by Gasteiger charge is -2.10. The number of rotatable bonds is 4. The zero-order valence-corrected chi connectivity index (χ0v) is 12.8. The van der Waals surface area contributed by atoms with Crippen LogP contribution in [0.4, 0.5) is 0 Å². The Kier molecular flexibility index (Phi) is 4.36. The van der Waals surface area contributed by atoms with Crippen LogP contribution in [-0.2, 0) is 20.3 Å². The van der Waals surface area contributed by atoms with Crippen LogP contribution >= 0.6 is 31.9 Å². The average Bonchev–Trinajstić information content (AvgIpc) is 2.73. The number of benzene rings is 1. The molecule has 7 heteroatoms. The zero-order chi connectivity index (χ0) is 13.1. The minimum absolute atomic E-state index is 0.0123. The summed E-state index contributed by atoms with van der Waals surface area (Å²) in [6, 6.07) is 3.63. The summed E-state index contributed by atoms with van der Waals surface area (Å²) < 4.78 is 8.86. The van der Waals surface area contributed by atoms with Crippen molar-refractivity contribution in [3.05, 3.63) is 38.5 Å². The third-order valence-electron chi connectivity index (χ3n) is 2.26. The third-order valence-corrected chi connectivity index (χ3v) is 3.43. The van der Waals surface area contributed by atoms with E-state index >= 15 is 0 Å². The first-order chi connectivity index (χ1) is 8.60. The van der Waals surface area contributed by atoms with Gasteiger partial charge in [-0.15, -0.1) is 5.10 Å². The molecule has 0 saturated carbocycles. The second-order valence-electron chi connectivity index (χ2n) is 3.72. The first-order valence-corrected chi connectivity index (χ1v) is 6.75. The first kappa shape index (κ1) is 13.5. The van der Waals surface area contributed by atoms with Gasteiger partial charge in [-0.2, -0.15) is 0 Å². The Hall–Kier alpha value is -0.920. The van der Waals surface area contributed by atoms with Crippen LogP contribution < -0.4 is 4.74 Å². The summed E-state index contributed by atoms with van der Waals surface area (Å²) in [4.78, 5) is 0. The number of halogens is 2. The Morgan fingerprint density at radius 3 is 2.50 bits per heavy atom. The highest BCUT2D eigenvalue weighted by Crippen LogP contribution is 2.35. The smallest absolute Gasteiger partial charge is 0.148 e. The molecule has 0 amide bonds. The van der Waals surface area contributed by atoms with E-state index in [0.29, 0.717) is 12.4 Å². The number of nitrogens with zero attached hydrogens (tertiary/aromatic N) is 3. The van der Waals surface area contributed by atoms with Gasteiger partial charge in [0, 0.05) is 7.05 Å². The molecule has 0 spiro atoms. The fraction of sp³-hybridized carbons (Fsp3) is 0.273. The van der Waals surface area contributed by atoms with Gasteiger partial charge in [0.15, 0.2) is 0 Å². The quantitative estimate of drug-likeness (QED) is 0.890. The van der Waals surface area contributed by atoms with Crippen LogP contribution in [0, 0.1) is 0 Å². The molecular weight excluding hydrogens is 366 g/mol. The van der Waals surface area contributed by atoms with Gasteiger partial charge in [0.1, 0.15) is 18.1 Å². The molecule has 2 aromatic rings. The normalized spacial score (nSPS) is 10.7. The monoisotopic (exact) mass is 375 g/mol. The molecule has 0 atom stereocenters. The van der Waals surface area contributed by atoms with E-state index in [1.807, 2.05) is 12.1 Å². The van der Waals surface area contributed by atoms with E-state index < -0.39 is 0 Å². The zero-order valence-electron chi connectivity index (χ0n) is 9.60. The van der Waals surface area contributed by atoms with Gasteiger partial charge in [-0.3, -0.25) is 4.68 Å². The van der Waals surface area contributed by atoms with Crippen molar-refractivity contribution in [1.29, 1.82) is 0 Å². The van der Waals surface area contributed by atoms with Gasteiger partial charge >= 0.3 is 0 Å². The molecule has 0 fully saturated rings. The summed E-state index contributed by atoms with van der Waals surface area (Å²) in [5.74, 6) is 0.679. The topological polar surface area (TPSA) is 60.2 Å². The maximum Gasteiger partial charge on any atom is 0.148 e. The van der Waals surface area contributed by atoms with Gasteiger partial charge in [0.2, 0.25) is 0 Å². The Morgan fingerprint density at radius 1 is 1.33 bits per heavy atom. The Bertz CT molecular complexity index is 534. The van der Waals surface area contributed by atoms with Crippen LogP contribution in [0.2, 0.25) is 0 Å². The first-order valence-electron chi connectivity index (χ1n) is 5.17. The van der Waals surface area contributed by atoms with Gasteiger partial charge < -0.3 is 9.84 Å². The summed E-state index contributed by atoms with van der Waals surface area (Å²) in [5.41, 5.74) is 1.56. The molecule has 0 unspecified atom stereocenters. The minimum Gasteiger partial charge on any atom is -0.485 e. The Morgan fingerprint density at radius 2 is 2.00 bits per heavy atom. The van der Waals surface area contributed by atoms with Gasteiger partial charge in [0.25, 0.3) is 0 Å². The Balaban J connectivity index is 2.14. The molecule has 0 aliphatic carbocycles.